The molecule has 2 aromatic carbocycles. The van der Waals surface area contributed by atoms with Gasteiger partial charge in [-0.1, -0.05) is 18.2 Å². The third-order valence-corrected chi connectivity index (χ3v) is 4.53. The Morgan fingerprint density at radius 1 is 1.33 bits per heavy atom. The Hall–Kier alpha value is -2.42. The summed E-state index contributed by atoms with van der Waals surface area (Å²) >= 11 is 2.13. The van der Waals surface area contributed by atoms with Crippen LogP contribution < -0.4 is 15.5 Å². The maximum Gasteiger partial charge on any atom is 0.271 e. The zero-order chi connectivity index (χ0) is 17.1. The molecular weight excluding hydrogens is 421 g/mol. The number of nitrogens with zero attached hydrogens (tertiary/aromatic N) is 1. The van der Waals surface area contributed by atoms with Gasteiger partial charge in [0.05, 0.1) is 10.7 Å². The summed E-state index contributed by atoms with van der Waals surface area (Å²) in [6.07, 6.45) is 1.43. The van der Waals surface area contributed by atoms with Crippen molar-refractivity contribution in [2.75, 3.05) is 12.4 Å². The number of carbonyl (C=O) groups excluding carboxylic acids is 2. The van der Waals surface area contributed by atoms with Crippen molar-refractivity contribution in [1.82, 2.24) is 5.43 Å². The summed E-state index contributed by atoms with van der Waals surface area (Å²) < 4.78 is 6.11. The van der Waals surface area contributed by atoms with E-state index in [1.807, 2.05) is 24.3 Å². The number of carbonyl (C=O) groups is 2. The van der Waals surface area contributed by atoms with Crippen molar-refractivity contribution in [2.24, 2.45) is 5.10 Å². The predicted octanol–water partition coefficient (Wildman–Crippen LogP) is 2.75. The number of fused-ring (bicyclic) bond motifs is 1. The van der Waals surface area contributed by atoms with Crippen molar-refractivity contribution in [2.45, 2.75) is 5.92 Å². The Morgan fingerprint density at radius 3 is 2.92 bits per heavy atom. The molecule has 1 heterocycles. The van der Waals surface area contributed by atoms with Gasteiger partial charge in [-0.05, 0) is 52.4 Å². The number of hydrogen-bond donors (Lipinski definition) is 2. The average molecular weight is 435 g/mol. The molecule has 122 valence electrons. The standard InChI is InChI=1S/C17H14IN3O3/c1-24-15-8-10(6-7-13(15)18)16(22)21-19-9-12-11-4-2-3-5-14(11)20-17(12)23/h2-9,12H,1H3,(H,20,23)(H,21,22)/b19-9-/t12-/m1/s1. The molecular formula is C17H14IN3O3. The van der Waals surface area contributed by atoms with Crippen LogP contribution in [0.15, 0.2) is 47.6 Å². The third-order valence-electron chi connectivity index (χ3n) is 3.64. The fraction of sp³-hybridized carbons (Fsp3) is 0.118. The number of anilines is 1. The smallest absolute Gasteiger partial charge is 0.271 e. The summed E-state index contributed by atoms with van der Waals surface area (Å²) in [4.78, 5) is 24.1. The van der Waals surface area contributed by atoms with Gasteiger partial charge < -0.3 is 10.1 Å². The van der Waals surface area contributed by atoms with E-state index >= 15 is 0 Å². The molecule has 6 nitrogen and oxygen atoms in total. The molecule has 0 bridgehead atoms. The molecule has 3 rings (SSSR count). The molecule has 0 saturated carbocycles. The fourth-order valence-electron chi connectivity index (χ4n) is 2.42. The molecule has 2 N–H and O–H groups in total. The number of methoxy groups -OCH3 is 1. The molecule has 0 fully saturated rings. The van der Waals surface area contributed by atoms with Crippen molar-refractivity contribution >= 4 is 46.3 Å². The zero-order valence-electron chi connectivity index (χ0n) is 12.7. The maximum absolute atomic E-state index is 12.1. The van der Waals surface area contributed by atoms with Crippen LogP contribution in [0.5, 0.6) is 5.75 Å². The number of halogens is 1. The molecule has 0 aliphatic carbocycles. The van der Waals surface area contributed by atoms with Crippen LogP contribution >= 0.6 is 22.6 Å². The molecule has 0 unspecified atom stereocenters. The average Bonchev–Trinajstić information content (AvgIpc) is 2.91. The van der Waals surface area contributed by atoms with Gasteiger partial charge >= 0.3 is 0 Å². The van der Waals surface area contributed by atoms with Gasteiger partial charge in [0.15, 0.2) is 0 Å². The second-order valence-electron chi connectivity index (χ2n) is 5.12. The molecule has 0 radical (unpaired) electrons. The van der Waals surface area contributed by atoms with Crippen LogP contribution in [0.25, 0.3) is 0 Å². The van der Waals surface area contributed by atoms with Crippen LogP contribution in [-0.4, -0.2) is 25.1 Å². The molecule has 0 spiro atoms. The summed E-state index contributed by atoms with van der Waals surface area (Å²) in [7, 11) is 1.55. The largest absolute Gasteiger partial charge is 0.496 e. The van der Waals surface area contributed by atoms with Gasteiger partial charge in [-0.15, -0.1) is 0 Å². The molecule has 7 heteroatoms. The van der Waals surface area contributed by atoms with Crippen LogP contribution in [0, 0.1) is 3.57 Å². The van der Waals surface area contributed by atoms with Gasteiger partial charge in [0.25, 0.3) is 5.91 Å². The highest BCUT2D eigenvalue weighted by Crippen LogP contribution is 2.30. The number of ether oxygens (including phenoxy) is 1. The summed E-state index contributed by atoms with van der Waals surface area (Å²) in [6.45, 7) is 0. The van der Waals surface area contributed by atoms with E-state index in [-0.39, 0.29) is 11.8 Å². The van der Waals surface area contributed by atoms with Gasteiger partial charge in [0, 0.05) is 17.5 Å². The Balaban J connectivity index is 1.70. The number of para-hydroxylation sites is 1. The molecule has 1 aliphatic rings. The van der Waals surface area contributed by atoms with Crippen molar-refractivity contribution in [3.05, 3.63) is 57.2 Å². The minimum atomic E-state index is -0.507. The summed E-state index contributed by atoms with van der Waals surface area (Å²) in [5.41, 5.74) is 4.49. The van der Waals surface area contributed by atoms with Crippen molar-refractivity contribution in [1.29, 1.82) is 0 Å². The van der Waals surface area contributed by atoms with Crippen molar-refractivity contribution < 1.29 is 14.3 Å². The van der Waals surface area contributed by atoms with Gasteiger partial charge in [0.1, 0.15) is 11.7 Å². The van der Waals surface area contributed by atoms with Crippen LogP contribution in [0.4, 0.5) is 5.69 Å². The van der Waals surface area contributed by atoms with E-state index in [1.165, 1.54) is 6.21 Å². The van der Waals surface area contributed by atoms with Crippen molar-refractivity contribution in [3.63, 3.8) is 0 Å². The Bertz CT molecular complexity index is 836. The third kappa shape index (κ3) is 3.25. The molecule has 0 saturated heterocycles. The quantitative estimate of drug-likeness (QED) is 0.441. The zero-order valence-corrected chi connectivity index (χ0v) is 14.9. The molecule has 2 amide bonds. The maximum atomic E-state index is 12.1. The first kappa shape index (κ1) is 16.4. The van der Waals surface area contributed by atoms with E-state index in [1.54, 1.807) is 25.3 Å². The minimum Gasteiger partial charge on any atom is -0.496 e. The van der Waals surface area contributed by atoms with E-state index < -0.39 is 5.92 Å². The fourth-order valence-corrected chi connectivity index (χ4v) is 2.97. The topological polar surface area (TPSA) is 79.8 Å². The van der Waals surface area contributed by atoms with Gasteiger partial charge in [0.2, 0.25) is 5.91 Å². The lowest BCUT2D eigenvalue weighted by atomic mass is 10.0. The van der Waals surface area contributed by atoms with Crippen LogP contribution in [0.1, 0.15) is 21.8 Å². The van der Waals surface area contributed by atoms with E-state index in [0.29, 0.717) is 11.3 Å². The first-order valence-electron chi connectivity index (χ1n) is 7.17. The number of benzene rings is 2. The number of hydrazone groups is 1. The summed E-state index contributed by atoms with van der Waals surface area (Å²) in [6, 6.07) is 12.5. The number of hydrogen-bond acceptors (Lipinski definition) is 4. The van der Waals surface area contributed by atoms with Gasteiger partial charge in [-0.25, -0.2) is 5.43 Å². The second-order valence-corrected chi connectivity index (χ2v) is 6.28. The molecule has 1 atom stereocenters. The Kier molecular flexibility index (Phi) is 4.79. The number of nitrogens with one attached hydrogen (secondary N) is 2. The molecule has 0 aromatic heterocycles. The Morgan fingerprint density at radius 2 is 2.12 bits per heavy atom. The number of amides is 2. The SMILES string of the molecule is COc1cc(C(=O)N/N=C\[C@H]2C(=O)Nc3ccccc32)ccc1I. The van der Waals surface area contributed by atoms with E-state index in [2.05, 4.69) is 38.4 Å². The molecule has 24 heavy (non-hydrogen) atoms. The minimum absolute atomic E-state index is 0.162. The highest BCUT2D eigenvalue weighted by Gasteiger charge is 2.28. The lowest BCUT2D eigenvalue weighted by molar-refractivity contribution is -0.115. The highest BCUT2D eigenvalue weighted by atomic mass is 127. The van der Waals surface area contributed by atoms with Crippen LogP contribution in [-0.2, 0) is 4.79 Å². The normalized spacial score (nSPS) is 15.9. The summed E-state index contributed by atoms with van der Waals surface area (Å²) in [5, 5.41) is 6.71. The predicted molar refractivity (Wildman–Crippen MR) is 99.5 cm³/mol. The van der Waals surface area contributed by atoms with Crippen LogP contribution in [0.3, 0.4) is 0 Å². The molecule has 1 aliphatic heterocycles. The van der Waals surface area contributed by atoms with E-state index in [0.717, 1.165) is 14.8 Å². The van der Waals surface area contributed by atoms with E-state index in [4.69, 9.17) is 4.74 Å². The first-order chi connectivity index (χ1) is 11.6. The molecule has 2 aromatic rings. The van der Waals surface area contributed by atoms with Crippen molar-refractivity contribution in [3.8, 4) is 5.75 Å². The van der Waals surface area contributed by atoms with Gasteiger partial charge in [-0.2, -0.15) is 5.10 Å². The van der Waals surface area contributed by atoms with E-state index in [9.17, 15) is 9.59 Å². The van der Waals surface area contributed by atoms with Gasteiger partial charge in [-0.3, -0.25) is 9.59 Å². The lowest BCUT2D eigenvalue weighted by Crippen LogP contribution is -2.20. The number of rotatable bonds is 4. The highest BCUT2D eigenvalue weighted by molar-refractivity contribution is 14.1. The monoisotopic (exact) mass is 435 g/mol. The Labute approximate surface area is 152 Å². The lowest BCUT2D eigenvalue weighted by Gasteiger charge is -2.06. The first-order valence-corrected chi connectivity index (χ1v) is 8.25. The second kappa shape index (κ2) is 7.00. The summed E-state index contributed by atoms with van der Waals surface area (Å²) in [5.74, 6) is -0.415. The van der Waals surface area contributed by atoms with Crippen LogP contribution in [0.2, 0.25) is 0 Å².